The van der Waals surface area contributed by atoms with E-state index in [0.29, 0.717) is 35.6 Å². The molecular formula is C25H34N4O3. The summed E-state index contributed by atoms with van der Waals surface area (Å²) in [6.45, 7) is 8.43. The van der Waals surface area contributed by atoms with Gasteiger partial charge >= 0.3 is 6.09 Å². The number of benzene rings is 1. The average Bonchev–Trinajstić information content (AvgIpc) is 3.56. The van der Waals surface area contributed by atoms with Gasteiger partial charge in [-0.3, -0.25) is 4.79 Å². The molecule has 0 atom stereocenters. The molecule has 2 aliphatic rings. The molecule has 1 heterocycles. The highest BCUT2D eigenvalue weighted by Crippen LogP contribution is 2.33. The van der Waals surface area contributed by atoms with Crippen LogP contribution in [0.5, 0.6) is 0 Å². The van der Waals surface area contributed by atoms with Crippen molar-refractivity contribution in [3.05, 3.63) is 47.5 Å². The molecule has 3 rings (SSSR count). The molecule has 7 nitrogen and oxygen atoms in total. The summed E-state index contributed by atoms with van der Waals surface area (Å²) in [4.78, 5) is 29.5. The molecule has 0 spiro atoms. The molecule has 172 valence electrons. The van der Waals surface area contributed by atoms with Gasteiger partial charge in [0.15, 0.2) is 0 Å². The Hall–Kier alpha value is -2.96. The molecule has 0 radical (unpaired) electrons. The Balaban J connectivity index is 1.64. The molecule has 0 aromatic heterocycles. The molecule has 1 aromatic rings. The Labute approximate surface area is 190 Å². The lowest BCUT2D eigenvalue weighted by atomic mass is 10.0. The van der Waals surface area contributed by atoms with Crippen LogP contribution < -0.4 is 0 Å². The minimum absolute atomic E-state index is 0.0205. The predicted molar refractivity (Wildman–Crippen MR) is 126 cm³/mol. The van der Waals surface area contributed by atoms with E-state index in [9.17, 15) is 9.59 Å². The molecule has 2 amide bonds. The first-order valence-corrected chi connectivity index (χ1v) is 11.3. The van der Waals surface area contributed by atoms with Gasteiger partial charge in [0.1, 0.15) is 5.60 Å². The lowest BCUT2D eigenvalue weighted by Crippen LogP contribution is -2.50. The summed E-state index contributed by atoms with van der Waals surface area (Å²) >= 11 is 0. The van der Waals surface area contributed by atoms with Gasteiger partial charge in [0.05, 0.1) is 5.71 Å². The van der Waals surface area contributed by atoms with Crippen molar-refractivity contribution in [1.82, 2.24) is 9.80 Å². The van der Waals surface area contributed by atoms with Crippen LogP contribution in [0.1, 0.15) is 69.3 Å². The fourth-order valence-electron chi connectivity index (χ4n) is 3.88. The van der Waals surface area contributed by atoms with E-state index in [4.69, 9.17) is 15.6 Å². The van der Waals surface area contributed by atoms with Crippen LogP contribution in [0.25, 0.3) is 0 Å². The maximum atomic E-state index is 13.3. The maximum absolute atomic E-state index is 13.3. The van der Waals surface area contributed by atoms with Crippen molar-refractivity contribution in [2.75, 3.05) is 13.1 Å². The highest BCUT2D eigenvalue weighted by molar-refractivity contribution is 6.10. The van der Waals surface area contributed by atoms with Gasteiger partial charge in [-0.25, -0.2) is 4.79 Å². The van der Waals surface area contributed by atoms with Crippen molar-refractivity contribution < 1.29 is 14.3 Å². The summed E-state index contributed by atoms with van der Waals surface area (Å²) in [5, 5.41) is 15.6. The third-order valence-corrected chi connectivity index (χ3v) is 5.63. The van der Waals surface area contributed by atoms with Gasteiger partial charge in [0.25, 0.3) is 5.91 Å². The van der Waals surface area contributed by atoms with Crippen molar-refractivity contribution in [1.29, 1.82) is 10.8 Å². The summed E-state index contributed by atoms with van der Waals surface area (Å²) in [6, 6.07) is 7.53. The first-order valence-electron chi connectivity index (χ1n) is 11.3. The third kappa shape index (κ3) is 6.28. The highest BCUT2D eigenvalue weighted by Gasteiger charge is 2.39. The Kier molecular flexibility index (Phi) is 7.16. The van der Waals surface area contributed by atoms with Crippen molar-refractivity contribution >= 4 is 23.4 Å². The van der Waals surface area contributed by atoms with Crippen LogP contribution in [0, 0.1) is 10.8 Å². The number of ether oxygens (including phenoxy) is 1. The van der Waals surface area contributed by atoms with Gasteiger partial charge in [0, 0.05) is 36.4 Å². The zero-order chi connectivity index (χ0) is 23.5. The van der Waals surface area contributed by atoms with Gasteiger partial charge in [0.2, 0.25) is 0 Å². The second-order valence-electron chi connectivity index (χ2n) is 9.65. The summed E-state index contributed by atoms with van der Waals surface area (Å²) in [5.41, 5.74) is 1.52. The van der Waals surface area contributed by atoms with E-state index in [0.717, 1.165) is 25.7 Å². The monoisotopic (exact) mass is 438 g/mol. The fraction of sp³-hybridized carbons (Fsp3) is 0.520. The molecule has 1 saturated carbocycles. The lowest BCUT2D eigenvalue weighted by molar-refractivity contribution is 0.0142. The number of likely N-dealkylation sites (tertiary alicyclic amines) is 1. The highest BCUT2D eigenvalue weighted by atomic mass is 16.6. The van der Waals surface area contributed by atoms with Crippen LogP contribution in [0.4, 0.5) is 4.79 Å². The van der Waals surface area contributed by atoms with Crippen molar-refractivity contribution in [3.63, 3.8) is 0 Å². The molecule has 2 fully saturated rings. The number of rotatable bonds is 6. The SMILES string of the molecule is CC(=N)/C=C\C(=N)c1ccc(C(=O)N(C2CC2)C2CCN(C(=O)OC(C)(C)C)CC2)cc1. The first kappa shape index (κ1) is 23.7. The zero-order valence-electron chi connectivity index (χ0n) is 19.5. The summed E-state index contributed by atoms with van der Waals surface area (Å²) in [5.74, 6) is 0.0205. The second kappa shape index (κ2) is 9.67. The molecular weight excluding hydrogens is 404 g/mol. The van der Waals surface area contributed by atoms with Crippen molar-refractivity contribution in [2.45, 2.75) is 71.1 Å². The fourth-order valence-corrected chi connectivity index (χ4v) is 3.88. The number of nitrogens with zero attached hydrogens (tertiary/aromatic N) is 2. The van der Waals surface area contributed by atoms with Crippen molar-refractivity contribution in [3.8, 4) is 0 Å². The topological polar surface area (TPSA) is 97.5 Å². The zero-order valence-corrected chi connectivity index (χ0v) is 19.5. The van der Waals surface area contributed by atoms with E-state index >= 15 is 0 Å². The summed E-state index contributed by atoms with van der Waals surface area (Å²) < 4.78 is 5.48. The first-order chi connectivity index (χ1) is 15.0. The number of hydrogen-bond acceptors (Lipinski definition) is 5. The van der Waals surface area contributed by atoms with E-state index < -0.39 is 5.60 Å². The molecule has 1 aromatic carbocycles. The Morgan fingerprint density at radius 3 is 2.00 bits per heavy atom. The number of nitrogens with one attached hydrogen (secondary N) is 2. The standard InChI is InChI=1S/C25H34N4O3/c1-17(26)5-12-22(27)18-6-8-19(9-7-18)23(30)29(20-10-11-20)21-13-15-28(16-14-21)24(31)32-25(2,3)4/h5-9,12,20-21,26-27H,10-11,13-16H2,1-4H3/b12-5-,26-17?,27-22?. The van der Waals surface area contributed by atoms with Crippen LogP contribution in [0.2, 0.25) is 0 Å². The smallest absolute Gasteiger partial charge is 0.410 e. The molecule has 1 aliphatic carbocycles. The number of carbonyl (C=O) groups excluding carboxylic acids is 2. The van der Waals surface area contributed by atoms with Crippen LogP contribution >= 0.6 is 0 Å². The van der Waals surface area contributed by atoms with E-state index in [2.05, 4.69) is 0 Å². The van der Waals surface area contributed by atoms with E-state index in [1.54, 1.807) is 48.2 Å². The van der Waals surface area contributed by atoms with Gasteiger partial charge in [-0.1, -0.05) is 12.1 Å². The Morgan fingerprint density at radius 2 is 1.50 bits per heavy atom. The minimum atomic E-state index is -0.513. The molecule has 0 bridgehead atoms. The summed E-state index contributed by atoms with van der Waals surface area (Å²) in [7, 11) is 0. The van der Waals surface area contributed by atoms with Gasteiger partial charge in [-0.05, 0) is 83.2 Å². The van der Waals surface area contributed by atoms with Crippen molar-refractivity contribution in [2.24, 2.45) is 0 Å². The van der Waals surface area contributed by atoms with Crippen LogP contribution in [-0.4, -0.2) is 64.0 Å². The number of carbonyl (C=O) groups is 2. The second-order valence-corrected chi connectivity index (χ2v) is 9.65. The van der Waals surface area contributed by atoms with Crippen LogP contribution in [0.3, 0.4) is 0 Å². The third-order valence-electron chi connectivity index (χ3n) is 5.63. The predicted octanol–water partition coefficient (Wildman–Crippen LogP) is 4.65. The van der Waals surface area contributed by atoms with Gasteiger partial charge < -0.3 is 25.4 Å². The van der Waals surface area contributed by atoms with E-state index in [1.807, 2.05) is 25.7 Å². The van der Waals surface area contributed by atoms with E-state index in [1.165, 1.54) is 0 Å². The molecule has 2 N–H and O–H groups in total. The van der Waals surface area contributed by atoms with E-state index in [-0.39, 0.29) is 24.1 Å². The molecule has 0 unspecified atom stereocenters. The molecule has 1 aliphatic heterocycles. The lowest BCUT2D eigenvalue weighted by Gasteiger charge is -2.39. The molecule has 7 heteroatoms. The van der Waals surface area contributed by atoms with Crippen LogP contribution in [0.15, 0.2) is 36.4 Å². The minimum Gasteiger partial charge on any atom is -0.444 e. The normalized spacial score (nSPS) is 17.3. The Morgan fingerprint density at radius 1 is 0.969 bits per heavy atom. The quantitative estimate of drug-likeness (QED) is 0.632. The average molecular weight is 439 g/mol. The Bertz CT molecular complexity index is 902. The molecule has 32 heavy (non-hydrogen) atoms. The number of hydrogen-bond donors (Lipinski definition) is 2. The van der Waals surface area contributed by atoms with Gasteiger partial charge in [-0.15, -0.1) is 0 Å². The molecule has 1 saturated heterocycles. The largest absolute Gasteiger partial charge is 0.444 e. The summed E-state index contributed by atoms with van der Waals surface area (Å²) in [6.07, 6.45) is 6.43. The number of piperidine rings is 1. The number of allylic oxidation sites excluding steroid dienone is 2. The van der Waals surface area contributed by atoms with Crippen LogP contribution in [-0.2, 0) is 4.74 Å². The number of amides is 2. The maximum Gasteiger partial charge on any atom is 0.410 e. The van der Waals surface area contributed by atoms with Gasteiger partial charge in [-0.2, -0.15) is 0 Å².